The van der Waals surface area contributed by atoms with E-state index in [9.17, 15) is 14.4 Å². The first kappa shape index (κ1) is 52.4. The fraction of sp³-hybridized carbons (Fsp3) is 0.938. The lowest BCUT2D eigenvalue weighted by atomic mass is 10.0. The Bertz CT molecular complexity index is 837. The van der Waals surface area contributed by atoms with Crippen molar-refractivity contribution in [2.24, 2.45) is 17.8 Å². The number of hydrogen-bond donors (Lipinski definition) is 0. The van der Waals surface area contributed by atoms with Crippen LogP contribution in [-0.4, -0.2) is 37.2 Å². The summed E-state index contributed by atoms with van der Waals surface area (Å²) in [7, 11) is 0. The number of rotatable bonds is 41. The highest BCUT2D eigenvalue weighted by atomic mass is 16.6. The Morgan fingerprint density at radius 3 is 0.796 bits per heavy atom. The summed E-state index contributed by atoms with van der Waals surface area (Å²) in [5.74, 6) is 1.54. The summed E-state index contributed by atoms with van der Waals surface area (Å²) in [4.78, 5) is 37.7. The lowest BCUT2D eigenvalue weighted by molar-refractivity contribution is -0.167. The molecule has 0 heterocycles. The third kappa shape index (κ3) is 41.6. The van der Waals surface area contributed by atoms with E-state index in [-0.39, 0.29) is 31.1 Å². The van der Waals surface area contributed by atoms with Crippen molar-refractivity contribution in [3.8, 4) is 0 Å². The number of hydrogen-bond acceptors (Lipinski definition) is 6. The van der Waals surface area contributed by atoms with Crippen LogP contribution in [0.25, 0.3) is 0 Å². The minimum atomic E-state index is -0.762. The van der Waals surface area contributed by atoms with Crippen molar-refractivity contribution in [2.75, 3.05) is 13.2 Å². The summed E-state index contributed by atoms with van der Waals surface area (Å²) < 4.78 is 16.7. The number of ether oxygens (including phenoxy) is 3. The first-order valence-electron chi connectivity index (χ1n) is 23.6. The molecule has 320 valence electrons. The highest BCUT2D eigenvalue weighted by Crippen LogP contribution is 2.17. The smallest absolute Gasteiger partial charge is 0.306 e. The maximum Gasteiger partial charge on any atom is 0.306 e. The molecule has 0 saturated heterocycles. The fourth-order valence-electron chi connectivity index (χ4n) is 7.06. The second kappa shape index (κ2) is 39.6. The number of carbonyl (C=O) groups excluding carboxylic acids is 3. The van der Waals surface area contributed by atoms with Crippen LogP contribution in [-0.2, 0) is 28.6 Å². The van der Waals surface area contributed by atoms with Gasteiger partial charge in [0.25, 0.3) is 0 Å². The summed E-state index contributed by atoms with van der Waals surface area (Å²) >= 11 is 0. The van der Waals surface area contributed by atoms with Gasteiger partial charge < -0.3 is 14.2 Å². The summed E-state index contributed by atoms with van der Waals surface area (Å²) in [5.41, 5.74) is 0. The van der Waals surface area contributed by atoms with Gasteiger partial charge in [0.15, 0.2) is 6.10 Å². The highest BCUT2D eigenvalue weighted by Gasteiger charge is 2.19. The van der Waals surface area contributed by atoms with Crippen molar-refractivity contribution < 1.29 is 28.6 Å². The third-order valence-corrected chi connectivity index (χ3v) is 10.6. The molecule has 6 nitrogen and oxygen atoms in total. The van der Waals surface area contributed by atoms with E-state index in [1.54, 1.807) is 0 Å². The SMILES string of the molecule is CC(C)CCCCCCCCCCCCCCC(=O)OC[C@@H](COC(=O)CCCCCCCCCCCC(C)C)OC(=O)CCCCCCCCC(C)C. The Hall–Kier alpha value is -1.59. The molecule has 0 unspecified atom stereocenters. The highest BCUT2D eigenvalue weighted by molar-refractivity contribution is 5.71. The molecule has 0 bridgehead atoms. The third-order valence-electron chi connectivity index (χ3n) is 10.6. The van der Waals surface area contributed by atoms with E-state index in [1.807, 2.05) is 0 Å². The average Bonchev–Trinajstić information content (AvgIpc) is 3.12. The van der Waals surface area contributed by atoms with Crippen LogP contribution >= 0.6 is 0 Å². The van der Waals surface area contributed by atoms with E-state index < -0.39 is 6.10 Å². The molecule has 6 heteroatoms. The monoisotopic (exact) mass is 765 g/mol. The van der Waals surface area contributed by atoms with Crippen LogP contribution in [0.15, 0.2) is 0 Å². The molecule has 54 heavy (non-hydrogen) atoms. The fourth-order valence-corrected chi connectivity index (χ4v) is 7.06. The molecule has 0 aliphatic carbocycles. The van der Waals surface area contributed by atoms with Crippen LogP contribution < -0.4 is 0 Å². The molecule has 0 saturated carbocycles. The van der Waals surface area contributed by atoms with Crippen molar-refractivity contribution in [1.82, 2.24) is 0 Å². The first-order valence-corrected chi connectivity index (χ1v) is 23.6. The molecular weight excluding hydrogens is 673 g/mol. The summed E-state index contributed by atoms with van der Waals surface area (Å²) in [5, 5.41) is 0. The molecule has 0 N–H and O–H groups in total. The summed E-state index contributed by atoms with van der Waals surface area (Å²) in [6, 6.07) is 0. The zero-order valence-corrected chi connectivity index (χ0v) is 37.0. The molecular formula is C48H92O6. The molecule has 0 aliphatic rings. The van der Waals surface area contributed by atoms with Crippen molar-refractivity contribution >= 4 is 17.9 Å². The van der Waals surface area contributed by atoms with Gasteiger partial charge in [-0.3, -0.25) is 14.4 Å². The first-order chi connectivity index (χ1) is 26.1. The van der Waals surface area contributed by atoms with E-state index in [1.165, 1.54) is 135 Å². The minimum Gasteiger partial charge on any atom is -0.462 e. The molecule has 0 rings (SSSR count). The van der Waals surface area contributed by atoms with Gasteiger partial charge >= 0.3 is 17.9 Å². The molecule has 0 aromatic rings. The van der Waals surface area contributed by atoms with Crippen molar-refractivity contribution in [2.45, 2.75) is 260 Å². The molecule has 0 fully saturated rings. The maximum atomic E-state index is 12.7. The van der Waals surface area contributed by atoms with E-state index in [4.69, 9.17) is 14.2 Å². The molecule has 0 aromatic heterocycles. The Kier molecular flexibility index (Phi) is 38.5. The predicted octanol–water partition coefficient (Wildman–Crippen LogP) is 14.8. The van der Waals surface area contributed by atoms with Crippen LogP contribution in [0.3, 0.4) is 0 Å². The van der Waals surface area contributed by atoms with E-state index in [2.05, 4.69) is 41.5 Å². The van der Waals surface area contributed by atoms with E-state index in [0.717, 1.165) is 75.5 Å². The molecule has 0 spiro atoms. The summed E-state index contributed by atoms with van der Waals surface area (Å²) in [6.45, 7) is 13.6. The maximum absolute atomic E-state index is 12.7. The summed E-state index contributed by atoms with van der Waals surface area (Å²) in [6.07, 6.45) is 36.8. The van der Waals surface area contributed by atoms with Crippen molar-refractivity contribution in [1.29, 1.82) is 0 Å². The molecule has 1 atom stereocenters. The van der Waals surface area contributed by atoms with Gasteiger partial charge in [-0.2, -0.15) is 0 Å². The topological polar surface area (TPSA) is 78.9 Å². The van der Waals surface area contributed by atoms with Gasteiger partial charge in [0.05, 0.1) is 0 Å². The average molecular weight is 765 g/mol. The second-order valence-electron chi connectivity index (χ2n) is 17.8. The van der Waals surface area contributed by atoms with Gasteiger partial charge in [0.2, 0.25) is 0 Å². The van der Waals surface area contributed by atoms with Crippen LogP contribution in [0, 0.1) is 17.8 Å². The van der Waals surface area contributed by atoms with Gasteiger partial charge in [-0.05, 0) is 37.0 Å². The van der Waals surface area contributed by atoms with Gasteiger partial charge in [0, 0.05) is 19.3 Å². The molecule has 0 radical (unpaired) electrons. The zero-order chi connectivity index (χ0) is 39.9. The standard InChI is InChI=1S/C48H92O6/c1-42(2)34-28-22-16-12-9-7-8-10-14-18-25-31-37-46(49)52-40-45(54-48(51)39-33-27-21-20-24-30-36-44(5)6)41-53-47(50)38-32-26-19-15-11-13-17-23-29-35-43(3)4/h42-45H,7-41H2,1-6H3/t45-/m0/s1. The number of esters is 3. The Balaban J connectivity index is 4.29. The van der Waals surface area contributed by atoms with Gasteiger partial charge in [-0.25, -0.2) is 0 Å². The lowest BCUT2D eigenvalue weighted by Gasteiger charge is -2.18. The molecule has 0 amide bonds. The van der Waals surface area contributed by atoms with Crippen LogP contribution in [0.4, 0.5) is 0 Å². The van der Waals surface area contributed by atoms with Crippen LogP contribution in [0.5, 0.6) is 0 Å². The van der Waals surface area contributed by atoms with Crippen LogP contribution in [0.1, 0.15) is 253 Å². The van der Waals surface area contributed by atoms with Crippen molar-refractivity contribution in [3.05, 3.63) is 0 Å². The minimum absolute atomic E-state index is 0.0666. The zero-order valence-electron chi connectivity index (χ0n) is 37.0. The van der Waals surface area contributed by atoms with E-state index in [0.29, 0.717) is 19.3 Å². The Morgan fingerprint density at radius 2 is 0.537 bits per heavy atom. The quantitative estimate of drug-likeness (QED) is 0.0350. The number of carbonyl (C=O) groups is 3. The van der Waals surface area contributed by atoms with E-state index >= 15 is 0 Å². The van der Waals surface area contributed by atoms with Crippen molar-refractivity contribution in [3.63, 3.8) is 0 Å². The second-order valence-corrected chi connectivity index (χ2v) is 17.8. The lowest BCUT2D eigenvalue weighted by Crippen LogP contribution is -2.30. The molecule has 0 aliphatic heterocycles. The Labute approximate surface area is 336 Å². The predicted molar refractivity (Wildman–Crippen MR) is 229 cm³/mol. The van der Waals surface area contributed by atoms with Crippen LogP contribution in [0.2, 0.25) is 0 Å². The Morgan fingerprint density at radius 1 is 0.315 bits per heavy atom. The van der Waals surface area contributed by atoms with Gasteiger partial charge in [0.1, 0.15) is 13.2 Å². The normalized spacial score (nSPS) is 12.2. The van der Waals surface area contributed by atoms with Gasteiger partial charge in [-0.15, -0.1) is 0 Å². The largest absolute Gasteiger partial charge is 0.462 e. The van der Waals surface area contributed by atoms with Gasteiger partial charge in [-0.1, -0.05) is 215 Å². The number of unbranched alkanes of at least 4 members (excludes halogenated alkanes) is 24. The molecule has 0 aromatic carbocycles.